The normalized spacial score (nSPS) is 11.5. The van der Waals surface area contributed by atoms with E-state index in [0.717, 1.165) is 5.56 Å². The molecule has 0 aliphatic carbocycles. The molecule has 0 heterocycles. The molecule has 0 spiro atoms. The van der Waals surface area contributed by atoms with Gasteiger partial charge in [-0.2, -0.15) is 0 Å². The fourth-order valence-corrected chi connectivity index (χ4v) is 2.77. The van der Waals surface area contributed by atoms with Crippen molar-refractivity contribution in [2.24, 2.45) is 0 Å². The predicted octanol–water partition coefficient (Wildman–Crippen LogP) is 4.89. The Kier molecular flexibility index (Phi) is 6.17. The smallest absolute Gasteiger partial charge is 0.319 e. The first kappa shape index (κ1) is 18.2. The molecule has 0 fully saturated rings. The van der Waals surface area contributed by atoms with E-state index >= 15 is 0 Å². The number of carbonyl (C=O) groups excluding carboxylic acids is 1. The average molecular weight is 369 g/mol. The molecule has 24 heavy (non-hydrogen) atoms. The molecule has 7 heteroatoms. The Morgan fingerprint density at radius 2 is 1.83 bits per heavy atom. The van der Waals surface area contributed by atoms with Gasteiger partial charge in [0, 0.05) is 16.1 Å². The van der Waals surface area contributed by atoms with Gasteiger partial charge in [0.25, 0.3) is 0 Å². The van der Waals surface area contributed by atoms with Crippen LogP contribution in [0.4, 0.5) is 10.5 Å². The lowest BCUT2D eigenvalue weighted by Crippen LogP contribution is -2.31. The van der Waals surface area contributed by atoms with Gasteiger partial charge in [0.15, 0.2) is 0 Å². The Bertz CT molecular complexity index is 738. The van der Waals surface area contributed by atoms with E-state index in [1.165, 1.54) is 7.11 Å². The van der Waals surface area contributed by atoms with E-state index in [9.17, 15) is 4.79 Å². The van der Waals surface area contributed by atoms with Crippen LogP contribution in [0.3, 0.4) is 0 Å². The van der Waals surface area contributed by atoms with Crippen molar-refractivity contribution < 1.29 is 14.3 Å². The summed E-state index contributed by atoms with van der Waals surface area (Å²) in [6.07, 6.45) is 0. The molecule has 0 saturated heterocycles. The summed E-state index contributed by atoms with van der Waals surface area (Å²) in [7, 11) is 3.08. The third kappa shape index (κ3) is 4.46. The molecule has 2 aromatic rings. The van der Waals surface area contributed by atoms with Crippen molar-refractivity contribution in [3.8, 4) is 11.5 Å². The summed E-state index contributed by atoms with van der Waals surface area (Å²) in [5.41, 5.74) is 1.28. The molecular formula is C17H18Cl2N2O3. The van der Waals surface area contributed by atoms with Gasteiger partial charge in [0.05, 0.1) is 25.9 Å². The maximum absolute atomic E-state index is 12.3. The summed E-state index contributed by atoms with van der Waals surface area (Å²) in [6.45, 7) is 1.83. The van der Waals surface area contributed by atoms with Gasteiger partial charge in [-0.1, -0.05) is 29.3 Å². The SMILES string of the molecule is COc1ccc(OC)c(NC(=O)N[C@@H](C)c2ccc(Cl)cc2Cl)c1. The van der Waals surface area contributed by atoms with Crippen molar-refractivity contribution in [2.45, 2.75) is 13.0 Å². The van der Waals surface area contributed by atoms with Gasteiger partial charge in [0.2, 0.25) is 0 Å². The number of rotatable bonds is 5. The first-order chi connectivity index (χ1) is 11.4. The Hall–Kier alpha value is -2.11. The molecule has 2 N–H and O–H groups in total. The molecule has 0 aromatic heterocycles. The van der Waals surface area contributed by atoms with E-state index in [2.05, 4.69) is 10.6 Å². The lowest BCUT2D eigenvalue weighted by Gasteiger charge is -2.17. The van der Waals surface area contributed by atoms with Crippen molar-refractivity contribution in [1.82, 2.24) is 5.32 Å². The molecular weight excluding hydrogens is 351 g/mol. The summed E-state index contributed by atoms with van der Waals surface area (Å²) in [5.74, 6) is 1.14. The van der Waals surface area contributed by atoms with Crippen LogP contribution in [0.2, 0.25) is 10.0 Å². The maximum atomic E-state index is 12.3. The summed E-state index contributed by atoms with van der Waals surface area (Å²) in [4.78, 5) is 12.3. The van der Waals surface area contributed by atoms with Gasteiger partial charge < -0.3 is 20.1 Å². The van der Waals surface area contributed by atoms with E-state index < -0.39 is 0 Å². The van der Waals surface area contributed by atoms with E-state index in [4.69, 9.17) is 32.7 Å². The number of ether oxygens (including phenoxy) is 2. The van der Waals surface area contributed by atoms with Crippen molar-refractivity contribution in [3.63, 3.8) is 0 Å². The molecule has 128 valence electrons. The minimum Gasteiger partial charge on any atom is -0.497 e. The Morgan fingerprint density at radius 1 is 1.08 bits per heavy atom. The van der Waals surface area contributed by atoms with Gasteiger partial charge in [-0.3, -0.25) is 0 Å². The fraction of sp³-hybridized carbons (Fsp3) is 0.235. The number of halogens is 2. The second-order valence-corrected chi connectivity index (χ2v) is 5.90. The standard InChI is InChI=1S/C17H18Cl2N2O3/c1-10(13-6-4-11(18)8-14(13)19)20-17(22)21-15-9-12(23-2)5-7-16(15)24-3/h4-10H,1-3H3,(H2,20,21,22)/t10-/m0/s1. The number of carbonyl (C=O) groups is 1. The third-order valence-corrected chi connectivity index (χ3v) is 3.99. The van der Waals surface area contributed by atoms with Crippen LogP contribution in [0.15, 0.2) is 36.4 Å². The third-order valence-electron chi connectivity index (χ3n) is 3.43. The van der Waals surface area contributed by atoms with E-state index in [-0.39, 0.29) is 12.1 Å². The second-order valence-electron chi connectivity index (χ2n) is 5.05. The monoisotopic (exact) mass is 368 g/mol. The van der Waals surface area contributed by atoms with E-state index in [1.54, 1.807) is 43.5 Å². The van der Waals surface area contributed by atoms with Crippen molar-refractivity contribution >= 4 is 34.9 Å². The number of methoxy groups -OCH3 is 2. The van der Waals surface area contributed by atoms with Crippen molar-refractivity contribution in [3.05, 3.63) is 52.0 Å². The highest BCUT2D eigenvalue weighted by atomic mass is 35.5. The lowest BCUT2D eigenvalue weighted by atomic mass is 10.1. The highest BCUT2D eigenvalue weighted by Gasteiger charge is 2.15. The van der Waals surface area contributed by atoms with Crippen LogP contribution in [0.25, 0.3) is 0 Å². The highest BCUT2D eigenvalue weighted by molar-refractivity contribution is 6.35. The van der Waals surface area contributed by atoms with E-state index in [1.807, 2.05) is 6.92 Å². The second kappa shape index (κ2) is 8.13. The molecule has 0 radical (unpaired) electrons. The predicted molar refractivity (Wildman–Crippen MR) is 96.6 cm³/mol. The van der Waals surface area contributed by atoms with Gasteiger partial charge in [-0.25, -0.2) is 4.79 Å². The van der Waals surface area contributed by atoms with Crippen LogP contribution < -0.4 is 20.1 Å². The van der Waals surface area contributed by atoms with Gasteiger partial charge in [0.1, 0.15) is 11.5 Å². The van der Waals surface area contributed by atoms with Crippen LogP contribution in [0.5, 0.6) is 11.5 Å². The molecule has 2 aromatic carbocycles. The topological polar surface area (TPSA) is 59.6 Å². The Balaban J connectivity index is 2.10. The minimum atomic E-state index is -0.389. The molecule has 0 aliphatic rings. The average Bonchev–Trinajstić information content (AvgIpc) is 2.54. The molecule has 0 unspecified atom stereocenters. The number of nitrogens with one attached hydrogen (secondary N) is 2. The van der Waals surface area contributed by atoms with E-state index in [0.29, 0.717) is 27.2 Å². The maximum Gasteiger partial charge on any atom is 0.319 e. The quantitative estimate of drug-likeness (QED) is 0.789. The van der Waals surface area contributed by atoms with Crippen LogP contribution in [-0.4, -0.2) is 20.3 Å². The first-order valence-electron chi connectivity index (χ1n) is 7.19. The zero-order valence-corrected chi connectivity index (χ0v) is 15.0. The molecule has 5 nitrogen and oxygen atoms in total. The van der Waals surface area contributed by atoms with Crippen LogP contribution in [-0.2, 0) is 0 Å². The molecule has 0 saturated carbocycles. The number of amides is 2. The number of hydrogen-bond donors (Lipinski definition) is 2. The molecule has 0 aliphatic heterocycles. The number of hydrogen-bond acceptors (Lipinski definition) is 3. The van der Waals surface area contributed by atoms with Gasteiger partial charge in [-0.15, -0.1) is 0 Å². The summed E-state index contributed by atoms with van der Waals surface area (Å²) < 4.78 is 10.4. The minimum absolute atomic E-state index is 0.300. The van der Waals surface area contributed by atoms with Crippen molar-refractivity contribution in [1.29, 1.82) is 0 Å². The lowest BCUT2D eigenvalue weighted by molar-refractivity contribution is 0.249. The fourth-order valence-electron chi connectivity index (χ4n) is 2.20. The Labute approximate surface area is 150 Å². The number of urea groups is 1. The number of benzene rings is 2. The van der Waals surface area contributed by atoms with Crippen LogP contribution >= 0.6 is 23.2 Å². The summed E-state index contributed by atoms with van der Waals surface area (Å²) in [6, 6.07) is 9.60. The zero-order valence-electron chi connectivity index (χ0n) is 13.5. The van der Waals surface area contributed by atoms with Crippen LogP contribution in [0, 0.1) is 0 Å². The molecule has 2 rings (SSSR count). The molecule has 0 bridgehead atoms. The van der Waals surface area contributed by atoms with Gasteiger partial charge >= 0.3 is 6.03 Å². The summed E-state index contributed by atoms with van der Waals surface area (Å²) >= 11 is 12.0. The number of anilines is 1. The molecule has 1 atom stereocenters. The van der Waals surface area contributed by atoms with Crippen LogP contribution in [0.1, 0.15) is 18.5 Å². The molecule has 2 amide bonds. The highest BCUT2D eigenvalue weighted by Crippen LogP contribution is 2.29. The zero-order chi connectivity index (χ0) is 17.7. The largest absolute Gasteiger partial charge is 0.497 e. The van der Waals surface area contributed by atoms with Gasteiger partial charge in [-0.05, 0) is 36.8 Å². The van der Waals surface area contributed by atoms with Crippen molar-refractivity contribution in [2.75, 3.05) is 19.5 Å². The Morgan fingerprint density at radius 3 is 2.46 bits per heavy atom. The summed E-state index contributed by atoms with van der Waals surface area (Å²) in [5, 5.41) is 6.60. The first-order valence-corrected chi connectivity index (χ1v) is 7.94.